The lowest BCUT2D eigenvalue weighted by molar-refractivity contribution is -0.385. The second-order valence-corrected chi connectivity index (χ2v) is 6.72. The van der Waals surface area contributed by atoms with Crippen molar-refractivity contribution >= 4 is 11.6 Å². The van der Waals surface area contributed by atoms with Crippen LogP contribution in [0.5, 0.6) is 0 Å². The smallest absolute Gasteiger partial charge is 0.350 e. The standard InChI is InChI=1S/C18H19F3N4O3/c1-11-10-12(6-7-14(11)25(27)28)17(26)22-8-9-24-15-5-3-2-4-13(15)16(23-24)18(19,20)21/h6-7,10H,2-5,8-9H2,1H3,(H,22,26). The molecule has 1 aromatic heterocycles. The molecule has 28 heavy (non-hydrogen) atoms. The van der Waals surface area contributed by atoms with Crippen LogP contribution in [0.2, 0.25) is 0 Å². The van der Waals surface area contributed by atoms with Gasteiger partial charge in [-0.15, -0.1) is 0 Å². The van der Waals surface area contributed by atoms with E-state index in [0.717, 1.165) is 6.42 Å². The highest BCUT2D eigenvalue weighted by atomic mass is 19.4. The van der Waals surface area contributed by atoms with E-state index in [1.54, 1.807) is 0 Å². The lowest BCUT2D eigenvalue weighted by Crippen LogP contribution is -2.28. The molecule has 1 heterocycles. The number of benzene rings is 1. The fraction of sp³-hybridized carbons (Fsp3) is 0.444. The van der Waals surface area contributed by atoms with Gasteiger partial charge in [0, 0.05) is 35.0 Å². The first kappa shape index (κ1) is 19.8. The minimum absolute atomic E-state index is 0.0839. The molecule has 1 aliphatic rings. The molecule has 0 fully saturated rings. The molecule has 150 valence electrons. The minimum atomic E-state index is -4.49. The molecule has 1 amide bonds. The summed E-state index contributed by atoms with van der Waals surface area (Å²) in [5.41, 5.74) is 0.532. The molecule has 0 unspecified atom stereocenters. The maximum absolute atomic E-state index is 13.2. The number of alkyl halides is 3. The van der Waals surface area contributed by atoms with Crippen molar-refractivity contribution in [3.8, 4) is 0 Å². The summed E-state index contributed by atoms with van der Waals surface area (Å²) < 4.78 is 40.9. The van der Waals surface area contributed by atoms with Gasteiger partial charge in [0.15, 0.2) is 5.69 Å². The average molecular weight is 396 g/mol. The number of hydrogen-bond donors (Lipinski definition) is 1. The highest BCUT2D eigenvalue weighted by Crippen LogP contribution is 2.35. The highest BCUT2D eigenvalue weighted by Gasteiger charge is 2.39. The van der Waals surface area contributed by atoms with Crippen LogP contribution < -0.4 is 5.32 Å². The highest BCUT2D eigenvalue weighted by molar-refractivity contribution is 5.94. The van der Waals surface area contributed by atoms with Crippen LogP contribution in [0.4, 0.5) is 18.9 Å². The van der Waals surface area contributed by atoms with Gasteiger partial charge >= 0.3 is 6.18 Å². The molecule has 0 aliphatic heterocycles. The topological polar surface area (TPSA) is 90.1 Å². The number of rotatable bonds is 5. The molecule has 0 spiro atoms. The van der Waals surface area contributed by atoms with E-state index in [0.29, 0.717) is 30.5 Å². The lowest BCUT2D eigenvalue weighted by Gasteiger charge is -2.15. The predicted molar refractivity (Wildman–Crippen MR) is 94.0 cm³/mol. The second kappa shape index (κ2) is 7.61. The van der Waals surface area contributed by atoms with E-state index in [4.69, 9.17) is 0 Å². The Labute approximate surface area is 158 Å². The number of nitro groups is 1. The molecule has 0 radical (unpaired) electrons. The van der Waals surface area contributed by atoms with E-state index in [2.05, 4.69) is 10.4 Å². The zero-order chi connectivity index (χ0) is 20.5. The fourth-order valence-electron chi connectivity index (χ4n) is 3.46. The largest absolute Gasteiger partial charge is 0.435 e. The van der Waals surface area contributed by atoms with Gasteiger partial charge in [0.05, 0.1) is 11.5 Å². The third kappa shape index (κ3) is 4.00. The summed E-state index contributed by atoms with van der Waals surface area (Å²) >= 11 is 0. The molecule has 1 aromatic carbocycles. The van der Waals surface area contributed by atoms with Crippen molar-refractivity contribution in [1.29, 1.82) is 0 Å². The number of carbonyl (C=O) groups excluding carboxylic acids is 1. The van der Waals surface area contributed by atoms with Crippen LogP contribution in [-0.2, 0) is 25.6 Å². The van der Waals surface area contributed by atoms with Gasteiger partial charge in [0.1, 0.15) is 0 Å². The molecule has 1 aliphatic carbocycles. The third-order valence-electron chi connectivity index (χ3n) is 4.79. The number of aromatic nitrogens is 2. The SMILES string of the molecule is Cc1cc(C(=O)NCCn2nc(C(F)(F)F)c3c2CCCC3)ccc1[N+](=O)[O-]. The molecular weight excluding hydrogens is 377 g/mol. The molecule has 1 N–H and O–H groups in total. The maximum Gasteiger partial charge on any atom is 0.435 e. The van der Waals surface area contributed by atoms with Crippen LogP contribution in [0.25, 0.3) is 0 Å². The Kier molecular flexibility index (Phi) is 5.39. The van der Waals surface area contributed by atoms with Crippen molar-refractivity contribution in [2.24, 2.45) is 0 Å². The van der Waals surface area contributed by atoms with Crippen molar-refractivity contribution in [3.63, 3.8) is 0 Å². The van der Waals surface area contributed by atoms with E-state index >= 15 is 0 Å². The number of nitro benzene ring substituents is 1. The zero-order valence-electron chi connectivity index (χ0n) is 15.2. The maximum atomic E-state index is 13.2. The van der Waals surface area contributed by atoms with Gasteiger partial charge in [-0.05, 0) is 44.7 Å². The first-order valence-corrected chi connectivity index (χ1v) is 8.87. The van der Waals surface area contributed by atoms with Crippen molar-refractivity contribution in [2.75, 3.05) is 6.54 Å². The van der Waals surface area contributed by atoms with Crippen LogP contribution in [0, 0.1) is 17.0 Å². The minimum Gasteiger partial charge on any atom is -0.350 e. The Hall–Kier alpha value is -2.91. The molecule has 0 saturated heterocycles. The summed E-state index contributed by atoms with van der Waals surface area (Å²) in [4.78, 5) is 22.5. The van der Waals surface area contributed by atoms with Crippen LogP contribution in [-0.4, -0.2) is 27.2 Å². The number of nitrogens with zero attached hydrogens (tertiary/aromatic N) is 3. The molecule has 2 aromatic rings. The Bertz CT molecular complexity index is 922. The van der Waals surface area contributed by atoms with Crippen LogP contribution in [0.3, 0.4) is 0 Å². The fourth-order valence-corrected chi connectivity index (χ4v) is 3.46. The molecule has 3 rings (SSSR count). The summed E-state index contributed by atoms with van der Waals surface area (Å²) in [5, 5.41) is 17.2. The van der Waals surface area contributed by atoms with Gasteiger partial charge < -0.3 is 5.32 Å². The van der Waals surface area contributed by atoms with Crippen LogP contribution in [0.1, 0.15) is 45.7 Å². The van der Waals surface area contributed by atoms with E-state index in [1.165, 1.54) is 29.8 Å². The predicted octanol–water partition coefficient (Wildman–Crippen LogP) is 3.43. The summed E-state index contributed by atoms with van der Waals surface area (Å²) in [6.45, 7) is 1.75. The van der Waals surface area contributed by atoms with Gasteiger partial charge in [0.2, 0.25) is 0 Å². The Morgan fingerprint density at radius 2 is 2.04 bits per heavy atom. The zero-order valence-corrected chi connectivity index (χ0v) is 15.2. The van der Waals surface area contributed by atoms with Crippen LogP contribution >= 0.6 is 0 Å². The number of fused-ring (bicyclic) bond motifs is 1. The second-order valence-electron chi connectivity index (χ2n) is 6.72. The molecule has 10 heteroatoms. The third-order valence-corrected chi connectivity index (χ3v) is 4.79. The van der Waals surface area contributed by atoms with Crippen molar-refractivity contribution < 1.29 is 22.9 Å². The number of nitrogens with one attached hydrogen (secondary N) is 1. The summed E-state index contributed by atoms with van der Waals surface area (Å²) in [6.07, 6.45) is -2.08. The molecule has 0 atom stereocenters. The van der Waals surface area contributed by atoms with E-state index in [1.807, 2.05) is 0 Å². The van der Waals surface area contributed by atoms with E-state index in [9.17, 15) is 28.1 Å². The average Bonchev–Trinajstić information content (AvgIpc) is 3.00. The Morgan fingerprint density at radius 1 is 1.32 bits per heavy atom. The van der Waals surface area contributed by atoms with E-state index < -0.39 is 22.7 Å². The first-order chi connectivity index (χ1) is 13.2. The van der Waals surface area contributed by atoms with Crippen molar-refractivity contribution in [3.05, 3.63) is 56.4 Å². The molecule has 0 bridgehead atoms. The molecular formula is C18H19F3N4O3. The van der Waals surface area contributed by atoms with Crippen LogP contribution in [0.15, 0.2) is 18.2 Å². The number of aryl methyl sites for hydroxylation is 1. The monoisotopic (exact) mass is 396 g/mol. The molecule has 0 saturated carbocycles. The van der Waals surface area contributed by atoms with Gasteiger partial charge in [-0.2, -0.15) is 18.3 Å². The quantitative estimate of drug-likeness (QED) is 0.619. The van der Waals surface area contributed by atoms with Crippen molar-refractivity contribution in [2.45, 2.75) is 45.3 Å². The van der Waals surface area contributed by atoms with E-state index in [-0.39, 0.29) is 29.9 Å². The first-order valence-electron chi connectivity index (χ1n) is 8.87. The van der Waals surface area contributed by atoms with Crippen molar-refractivity contribution in [1.82, 2.24) is 15.1 Å². The number of carbonyl (C=O) groups is 1. The Morgan fingerprint density at radius 3 is 2.68 bits per heavy atom. The summed E-state index contributed by atoms with van der Waals surface area (Å²) in [5.74, 6) is -0.449. The lowest BCUT2D eigenvalue weighted by atomic mass is 9.95. The summed E-state index contributed by atoms with van der Waals surface area (Å²) in [7, 11) is 0. The normalized spacial score (nSPS) is 13.9. The number of halogens is 3. The van der Waals surface area contributed by atoms with Gasteiger partial charge in [-0.3, -0.25) is 19.6 Å². The molecule has 7 nitrogen and oxygen atoms in total. The number of hydrogen-bond acceptors (Lipinski definition) is 4. The van der Waals surface area contributed by atoms with Gasteiger partial charge in [0.25, 0.3) is 11.6 Å². The Balaban J connectivity index is 1.68. The number of amides is 1. The summed E-state index contributed by atoms with van der Waals surface area (Å²) in [6, 6.07) is 4.01. The van der Waals surface area contributed by atoms with Gasteiger partial charge in [-0.25, -0.2) is 0 Å². The van der Waals surface area contributed by atoms with Gasteiger partial charge in [-0.1, -0.05) is 0 Å².